The Bertz CT molecular complexity index is 400. The van der Waals surface area contributed by atoms with Gasteiger partial charge in [0.2, 0.25) is 0 Å². The molecule has 1 atom stereocenters. The molecule has 0 aliphatic heterocycles. The Labute approximate surface area is 130 Å². The fourth-order valence-corrected chi connectivity index (χ4v) is 2.78. The van der Waals surface area contributed by atoms with Gasteiger partial charge in [-0.25, -0.2) is 0 Å². The topological polar surface area (TPSA) is 38.5 Å². The van der Waals surface area contributed by atoms with Crippen molar-refractivity contribution in [2.24, 2.45) is 11.1 Å². The highest BCUT2D eigenvalue weighted by atomic mass is 16.5. The lowest BCUT2D eigenvalue weighted by atomic mass is 9.91. The van der Waals surface area contributed by atoms with Crippen LogP contribution >= 0.6 is 0 Å². The summed E-state index contributed by atoms with van der Waals surface area (Å²) in [6, 6.07) is 8.92. The Hall–Kier alpha value is -1.06. The van der Waals surface area contributed by atoms with Crippen LogP contribution < -0.4 is 10.5 Å². The van der Waals surface area contributed by atoms with Gasteiger partial charge in [-0.3, -0.25) is 4.90 Å². The van der Waals surface area contributed by atoms with Crippen LogP contribution in [0.4, 0.5) is 0 Å². The smallest absolute Gasteiger partial charge is 0.118 e. The number of hydrogen-bond donors (Lipinski definition) is 1. The summed E-state index contributed by atoms with van der Waals surface area (Å²) >= 11 is 0. The molecular weight excluding hydrogens is 260 g/mol. The van der Waals surface area contributed by atoms with Gasteiger partial charge in [0, 0.05) is 12.6 Å². The molecule has 1 aromatic carbocycles. The largest absolute Gasteiger partial charge is 0.497 e. The maximum atomic E-state index is 5.93. The third kappa shape index (κ3) is 5.33. The van der Waals surface area contributed by atoms with Crippen molar-refractivity contribution >= 4 is 0 Å². The summed E-state index contributed by atoms with van der Waals surface area (Å²) < 4.78 is 5.26. The molecular formula is C18H32N2O. The SMILES string of the molecule is CCCN(CC(C)(C)CN)C(CC)c1ccc(OC)cc1. The molecule has 0 saturated heterocycles. The van der Waals surface area contributed by atoms with Crippen LogP contribution in [0.2, 0.25) is 0 Å². The van der Waals surface area contributed by atoms with E-state index >= 15 is 0 Å². The predicted octanol–water partition coefficient (Wildman–Crippen LogP) is 3.84. The lowest BCUT2D eigenvalue weighted by Crippen LogP contribution is -2.41. The number of nitrogens with zero attached hydrogens (tertiary/aromatic N) is 1. The summed E-state index contributed by atoms with van der Waals surface area (Å²) in [6.07, 6.45) is 2.26. The van der Waals surface area contributed by atoms with Crippen LogP contribution in [-0.4, -0.2) is 31.6 Å². The van der Waals surface area contributed by atoms with Crippen LogP contribution in [0, 0.1) is 5.41 Å². The lowest BCUT2D eigenvalue weighted by Gasteiger charge is -2.37. The number of nitrogens with two attached hydrogens (primary N) is 1. The fourth-order valence-electron chi connectivity index (χ4n) is 2.78. The molecule has 0 fully saturated rings. The molecule has 0 aliphatic rings. The summed E-state index contributed by atoms with van der Waals surface area (Å²) in [5.41, 5.74) is 7.43. The predicted molar refractivity (Wildman–Crippen MR) is 90.7 cm³/mol. The van der Waals surface area contributed by atoms with Crippen LogP contribution in [0.1, 0.15) is 52.1 Å². The zero-order valence-electron chi connectivity index (χ0n) is 14.4. The van der Waals surface area contributed by atoms with Crippen molar-refractivity contribution in [1.29, 1.82) is 0 Å². The minimum atomic E-state index is 0.148. The second-order valence-corrected chi connectivity index (χ2v) is 6.54. The molecule has 0 spiro atoms. The van der Waals surface area contributed by atoms with Crippen molar-refractivity contribution in [3.63, 3.8) is 0 Å². The Morgan fingerprint density at radius 1 is 1.19 bits per heavy atom. The van der Waals surface area contributed by atoms with Crippen molar-refractivity contribution < 1.29 is 4.74 Å². The third-order valence-corrected chi connectivity index (χ3v) is 4.02. The maximum absolute atomic E-state index is 5.93. The fraction of sp³-hybridized carbons (Fsp3) is 0.667. The van der Waals surface area contributed by atoms with Gasteiger partial charge in [0.15, 0.2) is 0 Å². The monoisotopic (exact) mass is 292 g/mol. The highest BCUT2D eigenvalue weighted by Crippen LogP contribution is 2.29. The van der Waals surface area contributed by atoms with Gasteiger partial charge >= 0.3 is 0 Å². The van der Waals surface area contributed by atoms with E-state index < -0.39 is 0 Å². The molecule has 3 nitrogen and oxygen atoms in total. The summed E-state index contributed by atoms with van der Waals surface area (Å²) in [5.74, 6) is 0.915. The lowest BCUT2D eigenvalue weighted by molar-refractivity contribution is 0.128. The number of methoxy groups -OCH3 is 1. The zero-order chi connectivity index (χ0) is 15.9. The van der Waals surface area contributed by atoms with E-state index in [0.29, 0.717) is 12.6 Å². The zero-order valence-corrected chi connectivity index (χ0v) is 14.4. The molecule has 0 radical (unpaired) electrons. The van der Waals surface area contributed by atoms with Crippen LogP contribution in [0.3, 0.4) is 0 Å². The van der Waals surface area contributed by atoms with Gasteiger partial charge in [-0.15, -0.1) is 0 Å². The van der Waals surface area contributed by atoms with Gasteiger partial charge in [-0.05, 0) is 49.0 Å². The summed E-state index contributed by atoms with van der Waals surface area (Å²) in [6.45, 7) is 11.8. The normalized spacial score (nSPS) is 13.5. The molecule has 0 saturated carbocycles. The molecule has 2 N–H and O–H groups in total. The first kappa shape index (κ1) is 18.0. The average Bonchev–Trinajstić information content (AvgIpc) is 2.48. The van der Waals surface area contributed by atoms with E-state index in [9.17, 15) is 0 Å². The van der Waals surface area contributed by atoms with E-state index in [2.05, 4.69) is 56.9 Å². The van der Waals surface area contributed by atoms with Gasteiger partial charge in [-0.1, -0.05) is 39.8 Å². The van der Waals surface area contributed by atoms with Crippen LogP contribution in [0.15, 0.2) is 24.3 Å². The van der Waals surface area contributed by atoms with Crippen molar-refractivity contribution in [2.75, 3.05) is 26.7 Å². The first-order valence-corrected chi connectivity index (χ1v) is 8.05. The van der Waals surface area contributed by atoms with Crippen molar-refractivity contribution in [1.82, 2.24) is 4.90 Å². The Balaban J connectivity index is 2.94. The summed E-state index contributed by atoms with van der Waals surface area (Å²) in [5, 5.41) is 0. The van der Waals surface area contributed by atoms with Gasteiger partial charge in [0.05, 0.1) is 7.11 Å². The van der Waals surface area contributed by atoms with E-state index in [1.54, 1.807) is 7.11 Å². The molecule has 21 heavy (non-hydrogen) atoms. The van der Waals surface area contributed by atoms with E-state index in [4.69, 9.17) is 10.5 Å². The molecule has 0 aliphatic carbocycles. The Morgan fingerprint density at radius 3 is 2.24 bits per heavy atom. The van der Waals surface area contributed by atoms with Gasteiger partial charge in [0.25, 0.3) is 0 Å². The first-order chi connectivity index (χ1) is 9.97. The van der Waals surface area contributed by atoms with E-state index in [1.165, 1.54) is 5.56 Å². The Morgan fingerprint density at radius 2 is 1.81 bits per heavy atom. The molecule has 120 valence electrons. The summed E-state index contributed by atoms with van der Waals surface area (Å²) in [7, 11) is 1.71. The number of benzene rings is 1. The van der Waals surface area contributed by atoms with Crippen LogP contribution in [-0.2, 0) is 0 Å². The second-order valence-electron chi connectivity index (χ2n) is 6.54. The minimum Gasteiger partial charge on any atom is -0.497 e. The van der Waals surface area contributed by atoms with Gasteiger partial charge in [0.1, 0.15) is 5.75 Å². The first-order valence-electron chi connectivity index (χ1n) is 8.05. The van der Waals surface area contributed by atoms with E-state index in [1.807, 2.05) is 0 Å². The minimum absolute atomic E-state index is 0.148. The summed E-state index contributed by atoms with van der Waals surface area (Å²) in [4.78, 5) is 2.58. The standard InChI is InChI=1S/C18H32N2O/c1-6-12-20(14-18(3,4)13-19)17(7-2)15-8-10-16(21-5)11-9-15/h8-11,17H,6-7,12-14,19H2,1-5H3. The number of hydrogen-bond acceptors (Lipinski definition) is 3. The van der Waals surface area contributed by atoms with Crippen molar-refractivity contribution in [3.05, 3.63) is 29.8 Å². The highest BCUT2D eigenvalue weighted by molar-refractivity contribution is 5.29. The molecule has 0 heterocycles. The van der Waals surface area contributed by atoms with Crippen molar-refractivity contribution in [2.45, 2.75) is 46.6 Å². The highest BCUT2D eigenvalue weighted by Gasteiger charge is 2.25. The third-order valence-electron chi connectivity index (χ3n) is 4.02. The number of rotatable bonds is 9. The second kappa shape index (κ2) is 8.40. The molecule has 1 aromatic rings. The van der Waals surface area contributed by atoms with E-state index in [-0.39, 0.29) is 5.41 Å². The van der Waals surface area contributed by atoms with Crippen molar-refractivity contribution in [3.8, 4) is 5.75 Å². The molecule has 3 heteroatoms. The van der Waals surface area contributed by atoms with Crippen LogP contribution in [0.25, 0.3) is 0 Å². The molecule has 0 aromatic heterocycles. The Kier molecular flexibility index (Phi) is 7.20. The number of ether oxygens (including phenoxy) is 1. The molecule has 0 bridgehead atoms. The molecule has 0 amide bonds. The van der Waals surface area contributed by atoms with Crippen LogP contribution in [0.5, 0.6) is 5.75 Å². The molecule has 1 unspecified atom stereocenters. The van der Waals surface area contributed by atoms with E-state index in [0.717, 1.165) is 31.7 Å². The average molecular weight is 292 g/mol. The quantitative estimate of drug-likeness (QED) is 0.751. The van der Waals surface area contributed by atoms with Gasteiger partial charge < -0.3 is 10.5 Å². The van der Waals surface area contributed by atoms with Gasteiger partial charge in [-0.2, -0.15) is 0 Å². The maximum Gasteiger partial charge on any atom is 0.118 e. The molecule has 1 rings (SSSR count).